The molecule has 0 radical (unpaired) electrons. The number of amides is 1. The second kappa shape index (κ2) is 8.80. The SMILES string of the molecule is CC(C)S(=O)(=O)N1CC2COc3c(cn(C)c3C(=O)Nc3cc(F)c(F)c(F)c3)S(=O)(=O)NC2C1. The summed E-state index contributed by atoms with van der Waals surface area (Å²) in [6.45, 7) is 2.90. The van der Waals surface area contributed by atoms with Gasteiger partial charge in [0.25, 0.3) is 5.91 Å². The predicted molar refractivity (Wildman–Crippen MR) is 118 cm³/mol. The number of anilines is 1. The van der Waals surface area contributed by atoms with E-state index in [9.17, 15) is 34.8 Å². The molecule has 3 heterocycles. The van der Waals surface area contributed by atoms with Gasteiger partial charge in [-0.2, -0.15) is 4.31 Å². The van der Waals surface area contributed by atoms with Crippen molar-refractivity contribution in [3.8, 4) is 5.75 Å². The molecule has 2 N–H and O–H groups in total. The Morgan fingerprint density at radius 1 is 1.20 bits per heavy atom. The van der Waals surface area contributed by atoms with Gasteiger partial charge in [-0.05, 0) is 13.8 Å². The molecule has 0 bridgehead atoms. The molecule has 10 nitrogen and oxygen atoms in total. The van der Waals surface area contributed by atoms with Gasteiger partial charge >= 0.3 is 0 Å². The summed E-state index contributed by atoms with van der Waals surface area (Å²) in [6, 6.07) is 0.411. The number of aryl methyl sites for hydroxylation is 1. The molecule has 1 saturated heterocycles. The Balaban J connectivity index is 1.66. The Morgan fingerprint density at radius 2 is 1.83 bits per heavy atom. The molecule has 2 unspecified atom stereocenters. The average molecular weight is 537 g/mol. The lowest BCUT2D eigenvalue weighted by molar-refractivity contribution is 0.101. The van der Waals surface area contributed by atoms with Crippen molar-refractivity contribution in [1.82, 2.24) is 13.6 Å². The Hall–Kier alpha value is -2.62. The molecule has 35 heavy (non-hydrogen) atoms. The minimum Gasteiger partial charge on any atom is -0.489 e. The van der Waals surface area contributed by atoms with E-state index in [1.54, 1.807) is 0 Å². The summed E-state index contributed by atoms with van der Waals surface area (Å²) in [5.74, 6) is -6.53. The van der Waals surface area contributed by atoms with Crippen LogP contribution in [-0.2, 0) is 27.1 Å². The molecule has 4 rings (SSSR count). The molecule has 2 atom stereocenters. The zero-order chi connectivity index (χ0) is 25.9. The number of fused-ring (bicyclic) bond motifs is 2. The van der Waals surface area contributed by atoms with Crippen LogP contribution in [0.5, 0.6) is 5.75 Å². The first-order valence-corrected chi connectivity index (χ1v) is 13.5. The number of halogens is 3. The van der Waals surface area contributed by atoms with Gasteiger partial charge in [0.05, 0.1) is 11.9 Å². The van der Waals surface area contributed by atoms with Crippen molar-refractivity contribution in [2.45, 2.75) is 30.0 Å². The Labute approximate surface area is 200 Å². The zero-order valence-corrected chi connectivity index (χ0v) is 20.5. The Morgan fingerprint density at radius 3 is 2.43 bits per heavy atom. The number of hydrogen-bond acceptors (Lipinski definition) is 6. The molecule has 1 aromatic heterocycles. The topological polar surface area (TPSA) is 127 Å². The van der Waals surface area contributed by atoms with Crippen molar-refractivity contribution >= 4 is 31.6 Å². The van der Waals surface area contributed by atoms with E-state index in [2.05, 4.69) is 10.0 Å². The second-order valence-electron chi connectivity index (χ2n) is 8.70. The first kappa shape index (κ1) is 25.5. The third kappa shape index (κ3) is 4.52. The van der Waals surface area contributed by atoms with Crippen LogP contribution in [-0.4, -0.2) is 62.6 Å². The van der Waals surface area contributed by atoms with E-state index >= 15 is 0 Å². The molecule has 1 amide bonds. The summed E-state index contributed by atoms with van der Waals surface area (Å²) in [5, 5.41) is 1.51. The van der Waals surface area contributed by atoms with Crippen LogP contribution in [0.1, 0.15) is 24.3 Å². The van der Waals surface area contributed by atoms with Crippen molar-refractivity contribution in [2.75, 3.05) is 25.0 Å². The summed E-state index contributed by atoms with van der Waals surface area (Å²) in [4.78, 5) is 12.6. The smallest absolute Gasteiger partial charge is 0.276 e. The van der Waals surface area contributed by atoms with Crippen molar-refractivity contribution in [3.63, 3.8) is 0 Å². The molecule has 192 valence electrons. The molecular weight excluding hydrogens is 513 g/mol. The molecule has 0 aliphatic carbocycles. The maximum absolute atomic E-state index is 13.5. The van der Waals surface area contributed by atoms with E-state index in [0.29, 0.717) is 12.1 Å². The molecule has 1 fully saturated rings. The fourth-order valence-corrected chi connectivity index (χ4v) is 6.93. The van der Waals surface area contributed by atoms with Crippen LogP contribution in [0.3, 0.4) is 0 Å². The number of benzene rings is 1. The van der Waals surface area contributed by atoms with Gasteiger partial charge in [-0.15, -0.1) is 0 Å². The van der Waals surface area contributed by atoms with E-state index in [-0.39, 0.29) is 36.0 Å². The first-order valence-electron chi connectivity index (χ1n) is 10.5. The summed E-state index contributed by atoms with van der Waals surface area (Å²) in [5.41, 5.74) is -0.655. The average Bonchev–Trinajstić information content (AvgIpc) is 3.30. The summed E-state index contributed by atoms with van der Waals surface area (Å²) < 4.78 is 102. The van der Waals surface area contributed by atoms with Crippen LogP contribution >= 0.6 is 0 Å². The largest absolute Gasteiger partial charge is 0.489 e. The van der Waals surface area contributed by atoms with Gasteiger partial charge in [-0.3, -0.25) is 4.79 Å². The molecular formula is C20H23F3N4O6S2. The molecule has 2 aliphatic rings. The zero-order valence-electron chi connectivity index (χ0n) is 18.9. The maximum Gasteiger partial charge on any atom is 0.276 e. The number of nitrogens with zero attached hydrogens (tertiary/aromatic N) is 2. The van der Waals surface area contributed by atoms with Crippen LogP contribution < -0.4 is 14.8 Å². The van der Waals surface area contributed by atoms with E-state index in [0.717, 1.165) is 6.20 Å². The van der Waals surface area contributed by atoms with E-state index < -0.39 is 66.3 Å². The van der Waals surface area contributed by atoms with E-state index in [1.807, 2.05) is 0 Å². The second-order valence-corrected chi connectivity index (χ2v) is 12.9. The van der Waals surface area contributed by atoms with Gasteiger partial charge in [0.15, 0.2) is 28.9 Å². The predicted octanol–water partition coefficient (Wildman–Crippen LogP) is 1.40. The fourth-order valence-electron chi connectivity index (χ4n) is 4.08. The first-order chi connectivity index (χ1) is 16.2. The lowest BCUT2D eigenvalue weighted by Crippen LogP contribution is -2.44. The molecule has 1 aromatic carbocycles. The quantitative estimate of drug-likeness (QED) is 0.569. The molecule has 2 aromatic rings. The molecule has 2 aliphatic heterocycles. The lowest BCUT2D eigenvalue weighted by atomic mass is 10.1. The van der Waals surface area contributed by atoms with Crippen molar-refractivity contribution in [2.24, 2.45) is 13.0 Å². The van der Waals surface area contributed by atoms with Crippen molar-refractivity contribution in [1.29, 1.82) is 0 Å². The van der Waals surface area contributed by atoms with Gasteiger partial charge in [0.2, 0.25) is 20.0 Å². The monoisotopic (exact) mass is 536 g/mol. The van der Waals surface area contributed by atoms with Gasteiger partial charge in [0, 0.05) is 56.1 Å². The van der Waals surface area contributed by atoms with Crippen LogP contribution in [0, 0.1) is 23.4 Å². The van der Waals surface area contributed by atoms with Crippen LogP contribution in [0.25, 0.3) is 0 Å². The minimum absolute atomic E-state index is 0.0194. The lowest BCUT2D eigenvalue weighted by Gasteiger charge is -2.23. The number of nitrogens with one attached hydrogen (secondary N) is 2. The fraction of sp³-hybridized carbons (Fsp3) is 0.450. The Bertz CT molecular complexity index is 1390. The highest BCUT2D eigenvalue weighted by Gasteiger charge is 2.44. The third-order valence-corrected chi connectivity index (χ3v) is 9.65. The van der Waals surface area contributed by atoms with Gasteiger partial charge in [-0.1, -0.05) is 0 Å². The normalized spacial score (nSPS) is 22.1. The molecule has 15 heteroatoms. The van der Waals surface area contributed by atoms with Crippen LogP contribution in [0.15, 0.2) is 23.2 Å². The number of aromatic nitrogens is 1. The number of carbonyl (C=O) groups excluding carboxylic acids is 1. The van der Waals surface area contributed by atoms with Gasteiger partial charge < -0.3 is 14.6 Å². The molecule has 0 saturated carbocycles. The number of hydrogen-bond donors (Lipinski definition) is 2. The Kier molecular flexibility index (Phi) is 6.40. The number of ether oxygens (including phenoxy) is 1. The standard InChI is InChI=1S/C20H23F3N4O6S2/c1-10(2)35(31,32)27-6-11-9-33-19-16(34(29,30)25-15(11)7-27)8-26(3)18(19)20(28)24-12-4-13(21)17(23)14(22)5-12/h4-5,8,10-11,15,25H,6-7,9H2,1-3H3,(H,24,28). The number of sulfonamides is 2. The summed E-state index contributed by atoms with van der Waals surface area (Å²) in [6.07, 6.45) is 1.14. The number of rotatable bonds is 4. The van der Waals surface area contributed by atoms with Gasteiger partial charge in [-0.25, -0.2) is 34.7 Å². The van der Waals surface area contributed by atoms with Crippen LogP contribution in [0.4, 0.5) is 18.9 Å². The minimum atomic E-state index is -4.24. The van der Waals surface area contributed by atoms with E-state index in [1.165, 1.54) is 29.8 Å². The third-order valence-electron chi connectivity index (χ3n) is 5.96. The van der Waals surface area contributed by atoms with Crippen LogP contribution in [0.2, 0.25) is 0 Å². The molecule has 0 spiro atoms. The highest BCUT2D eigenvalue weighted by atomic mass is 32.2. The summed E-state index contributed by atoms with van der Waals surface area (Å²) >= 11 is 0. The van der Waals surface area contributed by atoms with E-state index in [4.69, 9.17) is 4.74 Å². The summed E-state index contributed by atoms with van der Waals surface area (Å²) in [7, 11) is -6.50. The maximum atomic E-state index is 13.5. The van der Waals surface area contributed by atoms with Gasteiger partial charge in [0.1, 0.15) is 4.90 Å². The van der Waals surface area contributed by atoms with Crippen molar-refractivity contribution < 1.29 is 39.5 Å². The van der Waals surface area contributed by atoms with Crippen molar-refractivity contribution in [3.05, 3.63) is 41.5 Å². The number of carbonyl (C=O) groups is 1. The highest BCUT2D eigenvalue weighted by Crippen LogP contribution is 2.35. The highest BCUT2D eigenvalue weighted by molar-refractivity contribution is 7.90.